The third-order valence-corrected chi connectivity index (χ3v) is 4.20. The summed E-state index contributed by atoms with van der Waals surface area (Å²) < 4.78 is 14.2. The molecule has 0 radical (unpaired) electrons. The highest BCUT2D eigenvalue weighted by Gasteiger charge is 2.20. The normalized spacial score (nSPS) is 17.5. The van der Waals surface area contributed by atoms with E-state index < -0.39 is 0 Å². The van der Waals surface area contributed by atoms with Crippen molar-refractivity contribution >= 4 is 21.8 Å². The van der Waals surface area contributed by atoms with Crippen LogP contribution < -0.4 is 5.32 Å². The van der Waals surface area contributed by atoms with E-state index in [1.54, 1.807) is 13.0 Å². The Kier molecular flexibility index (Phi) is 4.58. The van der Waals surface area contributed by atoms with E-state index in [4.69, 9.17) is 0 Å². The molecule has 1 aliphatic rings. The van der Waals surface area contributed by atoms with Crippen LogP contribution in [-0.2, 0) is 0 Å². The minimum absolute atomic E-state index is 0.181. The van der Waals surface area contributed by atoms with Crippen LogP contribution >= 0.6 is 15.9 Å². The topological polar surface area (TPSA) is 32.3 Å². The number of nitrogens with one attached hydrogen (secondary N) is 1. The number of piperidine rings is 1. The van der Waals surface area contributed by atoms with Gasteiger partial charge in [-0.15, -0.1) is 0 Å². The lowest BCUT2D eigenvalue weighted by molar-refractivity contribution is 0.0915. The smallest absolute Gasteiger partial charge is 0.252 e. The van der Waals surface area contributed by atoms with E-state index in [-0.39, 0.29) is 17.8 Å². The Hall–Kier alpha value is -0.940. The van der Waals surface area contributed by atoms with Crippen molar-refractivity contribution in [3.8, 4) is 0 Å². The second kappa shape index (κ2) is 6.01. The average molecular weight is 329 g/mol. The summed E-state index contributed by atoms with van der Waals surface area (Å²) in [5, 5.41) is 2.98. The molecule has 19 heavy (non-hydrogen) atoms. The average Bonchev–Trinajstić information content (AvgIpc) is 2.36. The number of hydrogen-bond acceptors (Lipinski definition) is 2. The van der Waals surface area contributed by atoms with Crippen molar-refractivity contribution < 1.29 is 9.18 Å². The zero-order chi connectivity index (χ0) is 14.0. The summed E-state index contributed by atoms with van der Waals surface area (Å²) in [4.78, 5) is 14.4. The van der Waals surface area contributed by atoms with E-state index in [0.717, 1.165) is 25.9 Å². The summed E-state index contributed by atoms with van der Waals surface area (Å²) in [6.45, 7) is 3.64. The molecule has 1 saturated heterocycles. The molecule has 0 saturated carbocycles. The first-order chi connectivity index (χ1) is 8.97. The van der Waals surface area contributed by atoms with Gasteiger partial charge in [-0.25, -0.2) is 4.39 Å². The number of halogens is 2. The monoisotopic (exact) mass is 328 g/mol. The van der Waals surface area contributed by atoms with Gasteiger partial charge in [-0.1, -0.05) is 0 Å². The van der Waals surface area contributed by atoms with Gasteiger partial charge < -0.3 is 10.2 Å². The van der Waals surface area contributed by atoms with Gasteiger partial charge in [-0.2, -0.15) is 0 Å². The van der Waals surface area contributed by atoms with Crippen molar-refractivity contribution in [2.45, 2.75) is 25.8 Å². The fourth-order valence-electron chi connectivity index (χ4n) is 2.24. The molecule has 0 atom stereocenters. The Morgan fingerprint density at radius 1 is 1.42 bits per heavy atom. The van der Waals surface area contributed by atoms with Crippen molar-refractivity contribution in [2.75, 3.05) is 20.1 Å². The fraction of sp³-hybridized carbons (Fsp3) is 0.500. The molecule has 5 heteroatoms. The highest BCUT2D eigenvalue weighted by molar-refractivity contribution is 9.10. The van der Waals surface area contributed by atoms with Gasteiger partial charge in [-0.05, 0) is 73.5 Å². The number of benzene rings is 1. The summed E-state index contributed by atoms with van der Waals surface area (Å²) in [5.41, 5.74) is 0.893. The Labute approximate surface area is 121 Å². The van der Waals surface area contributed by atoms with E-state index in [0.29, 0.717) is 15.6 Å². The molecule has 1 aliphatic heterocycles. The number of amides is 1. The molecular weight excluding hydrogens is 311 g/mol. The number of rotatable bonds is 2. The molecule has 0 unspecified atom stereocenters. The Bertz CT molecular complexity index is 485. The molecule has 0 aliphatic carbocycles. The molecule has 0 spiro atoms. The maximum atomic E-state index is 13.5. The lowest BCUT2D eigenvalue weighted by Gasteiger charge is -2.29. The van der Waals surface area contributed by atoms with Gasteiger partial charge >= 0.3 is 0 Å². The summed E-state index contributed by atoms with van der Waals surface area (Å²) >= 11 is 3.32. The molecular formula is C14H18BrFN2O. The van der Waals surface area contributed by atoms with Crippen LogP contribution in [0.5, 0.6) is 0 Å². The molecule has 1 heterocycles. The molecule has 3 nitrogen and oxygen atoms in total. The molecule has 1 aromatic rings. The Morgan fingerprint density at radius 2 is 2.05 bits per heavy atom. The first-order valence-corrected chi connectivity index (χ1v) is 7.21. The predicted octanol–water partition coefficient (Wildman–Crippen LogP) is 2.72. The molecule has 1 aromatic carbocycles. The fourth-order valence-corrected chi connectivity index (χ4v) is 2.87. The third-order valence-electron chi connectivity index (χ3n) is 3.55. The zero-order valence-electron chi connectivity index (χ0n) is 11.2. The highest BCUT2D eigenvalue weighted by atomic mass is 79.9. The van der Waals surface area contributed by atoms with Gasteiger partial charge in [0.15, 0.2) is 0 Å². The summed E-state index contributed by atoms with van der Waals surface area (Å²) in [5.74, 6) is -0.558. The molecule has 104 valence electrons. The zero-order valence-corrected chi connectivity index (χ0v) is 12.8. The number of carbonyl (C=O) groups excluding carboxylic acids is 1. The van der Waals surface area contributed by atoms with Crippen molar-refractivity contribution in [2.24, 2.45) is 0 Å². The van der Waals surface area contributed by atoms with Crippen molar-refractivity contribution in [1.82, 2.24) is 10.2 Å². The largest absolute Gasteiger partial charge is 0.349 e. The standard InChI is InChI=1S/C14H18BrFN2O/c1-9-7-12(15)11(8-13(9)16)14(19)17-10-3-5-18(2)6-4-10/h7-8,10H,3-6H2,1-2H3,(H,17,19). The quantitative estimate of drug-likeness (QED) is 0.905. The summed E-state index contributed by atoms with van der Waals surface area (Å²) in [7, 11) is 2.07. The van der Waals surface area contributed by atoms with Crippen LogP contribution in [0.4, 0.5) is 4.39 Å². The van der Waals surface area contributed by atoms with E-state index in [2.05, 4.69) is 33.2 Å². The first kappa shape index (κ1) is 14.5. The van der Waals surface area contributed by atoms with Gasteiger partial charge in [0.1, 0.15) is 5.82 Å². The summed E-state index contributed by atoms with van der Waals surface area (Å²) in [6, 6.07) is 3.11. The first-order valence-electron chi connectivity index (χ1n) is 6.42. The van der Waals surface area contributed by atoms with Crippen LogP contribution in [0.15, 0.2) is 16.6 Å². The summed E-state index contributed by atoms with van der Waals surface area (Å²) in [6.07, 6.45) is 1.88. The molecule has 0 aromatic heterocycles. The molecule has 2 rings (SSSR count). The second-order valence-electron chi connectivity index (χ2n) is 5.13. The minimum atomic E-state index is -0.350. The van der Waals surface area contributed by atoms with Crippen LogP contribution in [0, 0.1) is 12.7 Å². The maximum Gasteiger partial charge on any atom is 0.252 e. The molecule has 1 fully saturated rings. The van der Waals surface area contributed by atoms with Gasteiger partial charge in [0.05, 0.1) is 5.56 Å². The third kappa shape index (κ3) is 3.54. The maximum absolute atomic E-state index is 13.5. The number of likely N-dealkylation sites (tertiary alicyclic amines) is 1. The van der Waals surface area contributed by atoms with Gasteiger partial charge in [0, 0.05) is 10.5 Å². The van der Waals surface area contributed by atoms with Crippen LogP contribution in [0.25, 0.3) is 0 Å². The lowest BCUT2D eigenvalue weighted by Crippen LogP contribution is -2.43. The van der Waals surface area contributed by atoms with Gasteiger partial charge in [0.25, 0.3) is 5.91 Å². The number of aryl methyl sites for hydroxylation is 1. The van der Waals surface area contributed by atoms with E-state index in [1.807, 2.05) is 0 Å². The van der Waals surface area contributed by atoms with E-state index in [1.165, 1.54) is 6.07 Å². The minimum Gasteiger partial charge on any atom is -0.349 e. The predicted molar refractivity (Wildman–Crippen MR) is 76.8 cm³/mol. The van der Waals surface area contributed by atoms with Gasteiger partial charge in [0.2, 0.25) is 0 Å². The Balaban J connectivity index is 2.06. The van der Waals surface area contributed by atoms with Crippen LogP contribution in [-0.4, -0.2) is 37.0 Å². The number of hydrogen-bond donors (Lipinski definition) is 1. The second-order valence-corrected chi connectivity index (χ2v) is 5.99. The van der Waals surface area contributed by atoms with Crippen molar-refractivity contribution in [3.63, 3.8) is 0 Å². The van der Waals surface area contributed by atoms with Crippen molar-refractivity contribution in [1.29, 1.82) is 0 Å². The molecule has 1 amide bonds. The van der Waals surface area contributed by atoms with Crippen LogP contribution in [0.1, 0.15) is 28.8 Å². The SMILES string of the molecule is Cc1cc(Br)c(C(=O)NC2CCN(C)CC2)cc1F. The van der Waals surface area contributed by atoms with Gasteiger partial charge in [-0.3, -0.25) is 4.79 Å². The highest BCUT2D eigenvalue weighted by Crippen LogP contribution is 2.21. The Morgan fingerprint density at radius 3 is 2.68 bits per heavy atom. The van der Waals surface area contributed by atoms with E-state index in [9.17, 15) is 9.18 Å². The lowest BCUT2D eigenvalue weighted by atomic mass is 10.0. The molecule has 0 bridgehead atoms. The van der Waals surface area contributed by atoms with Crippen molar-refractivity contribution in [3.05, 3.63) is 33.5 Å². The van der Waals surface area contributed by atoms with Crippen LogP contribution in [0.2, 0.25) is 0 Å². The number of carbonyl (C=O) groups is 1. The number of nitrogens with zero attached hydrogens (tertiary/aromatic N) is 1. The van der Waals surface area contributed by atoms with E-state index >= 15 is 0 Å². The molecule has 1 N–H and O–H groups in total. The van der Waals surface area contributed by atoms with Crippen LogP contribution in [0.3, 0.4) is 0 Å².